The predicted octanol–water partition coefficient (Wildman–Crippen LogP) is 13.7. The molecule has 0 radical (unpaired) electrons. The number of thiophene rings is 1. The Balaban J connectivity index is 1.25. The molecule has 0 amide bonds. The summed E-state index contributed by atoms with van der Waals surface area (Å²) in [5.74, 6) is 0.836. The van der Waals surface area contributed by atoms with Crippen LogP contribution in [0.3, 0.4) is 0 Å². The van der Waals surface area contributed by atoms with Gasteiger partial charge >= 0.3 is 0 Å². The lowest BCUT2D eigenvalue weighted by atomic mass is 9.96. The topological polar surface area (TPSA) is 43.6 Å². The molecule has 3 aromatic heterocycles. The Morgan fingerprint density at radius 3 is 1.89 bits per heavy atom. The van der Waals surface area contributed by atoms with E-state index in [-0.39, 0.29) is 38.8 Å². The van der Waals surface area contributed by atoms with E-state index in [1.807, 2.05) is 78.9 Å². The van der Waals surface area contributed by atoms with E-state index in [2.05, 4.69) is 18.2 Å². The zero-order valence-electron chi connectivity index (χ0n) is 41.2. The van der Waals surface area contributed by atoms with E-state index in [0.29, 0.717) is 22.8 Å². The van der Waals surface area contributed by atoms with Gasteiger partial charge in [-0.25, -0.2) is 15.0 Å². The minimum atomic E-state index is -0.705. The molecule has 0 saturated carbocycles. The lowest BCUT2D eigenvalue weighted by molar-refractivity contribution is 1.08. The second kappa shape index (κ2) is 13.3. The van der Waals surface area contributed by atoms with Crippen molar-refractivity contribution in [2.75, 3.05) is 0 Å². The number of aromatic nitrogens is 4. The van der Waals surface area contributed by atoms with Crippen molar-refractivity contribution in [3.05, 3.63) is 194 Å². The van der Waals surface area contributed by atoms with Crippen LogP contribution in [0.5, 0.6) is 0 Å². The monoisotopic (exact) mass is 744 g/mol. The molecule has 5 heteroatoms. The Morgan fingerprint density at radius 2 is 1.04 bits per heavy atom. The number of fused-ring (bicyclic) bond motifs is 6. The standard InChI is InChI=1S/C51H32N4S/c1-3-15-33(16-4-1)34-29-31-35(32-30-34)49-52-50(54-51(53-49)44-26-14-25-42-39-21-10-12-28-46(39)56-48(42)44)43-22-8-7-19-37(43)40-23-13-24-41-38-20-9-11-27-45(38)55(47(40)41)36-17-5-2-6-18-36/h1-32H/i2D,5D,6D,9D,11D,13D,17D,18D,20D,23D,24D,27D. The van der Waals surface area contributed by atoms with Crippen molar-refractivity contribution in [3.8, 4) is 62.1 Å². The molecule has 0 aliphatic rings. The van der Waals surface area contributed by atoms with Gasteiger partial charge in [-0.2, -0.15) is 0 Å². The Morgan fingerprint density at radius 1 is 0.411 bits per heavy atom. The molecule has 0 fully saturated rings. The zero-order valence-corrected chi connectivity index (χ0v) is 30.1. The summed E-state index contributed by atoms with van der Waals surface area (Å²) in [6, 6.07) is 31.1. The quantitative estimate of drug-likeness (QED) is 0.170. The summed E-state index contributed by atoms with van der Waals surface area (Å²) in [6.07, 6.45) is 0. The molecule has 3 heterocycles. The summed E-state index contributed by atoms with van der Waals surface area (Å²) < 4.78 is 111. The maximum Gasteiger partial charge on any atom is 0.165 e. The summed E-state index contributed by atoms with van der Waals surface area (Å²) in [6.45, 7) is 0. The van der Waals surface area contributed by atoms with Crippen LogP contribution in [0, 0.1) is 0 Å². The van der Waals surface area contributed by atoms with Gasteiger partial charge in [0, 0.05) is 58.9 Å². The molecule has 4 nitrogen and oxygen atoms in total. The minimum Gasteiger partial charge on any atom is -0.309 e. The van der Waals surface area contributed by atoms with Gasteiger partial charge in [-0.1, -0.05) is 164 Å². The smallest absolute Gasteiger partial charge is 0.165 e. The average molecular weight is 745 g/mol. The summed E-state index contributed by atoms with van der Waals surface area (Å²) in [7, 11) is 0. The largest absolute Gasteiger partial charge is 0.309 e. The van der Waals surface area contributed by atoms with Crippen molar-refractivity contribution in [2.24, 2.45) is 0 Å². The van der Waals surface area contributed by atoms with Crippen LogP contribution in [0.25, 0.3) is 104 Å². The second-order valence-corrected chi connectivity index (χ2v) is 14.1. The zero-order chi connectivity index (χ0) is 47.4. The van der Waals surface area contributed by atoms with Crippen molar-refractivity contribution < 1.29 is 16.4 Å². The third-order valence-corrected chi connectivity index (χ3v) is 11.1. The highest BCUT2D eigenvalue weighted by Crippen LogP contribution is 2.43. The SMILES string of the molecule is [2H]c1c([2H])c([2H])c(-n2c3c([2H])c([2H])c([2H])c([2H])c3c3c([2H])c([2H])c([2H])c(-c4ccccc4-c4nc(-c5ccc(-c6ccccc6)cc5)nc(-c5cccc6c5sc5ccccc56)n4)c32)c([2H])c1[2H]. The molecule has 0 unspecified atom stereocenters. The molecule has 0 spiro atoms. The van der Waals surface area contributed by atoms with Gasteiger partial charge in [0.25, 0.3) is 0 Å². The summed E-state index contributed by atoms with van der Waals surface area (Å²) in [4.78, 5) is 15.3. The molecule has 56 heavy (non-hydrogen) atoms. The van der Waals surface area contributed by atoms with Crippen molar-refractivity contribution in [1.82, 2.24) is 19.5 Å². The van der Waals surface area contributed by atoms with Gasteiger partial charge in [0.1, 0.15) is 0 Å². The number of benzene rings is 8. The molecule has 0 bridgehead atoms. The first-order chi connectivity index (χ1) is 32.8. The maximum absolute atomic E-state index is 9.61. The third kappa shape index (κ3) is 5.32. The molecule has 11 rings (SSSR count). The van der Waals surface area contributed by atoms with Crippen LogP contribution in [-0.2, 0) is 0 Å². The Hall–Kier alpha value is -7.21. The van der Waals surface area contributed by atoms with Gasteiger partial charge in [0.2, 0.25) is 0 Å². The first-order valence-electron chi connectivity index (χ1n) is 23.8. The molecule has 0 atom stereocenters. The molecular formula is C51H32N4S. The Kier molecular flexibility index (Phi) is 5.27. The second-order valence-electron chi connectivity index (χ2n) is 13.1. The van der Waals surface area contributed by atoms with Crippen molar-refractivity contribution >= 4 is 53.3 Å². The van der Waals surface area contributed by atoms with E-state index in [1.165, 1.54) is 0 Å². The first-order valence-corrected chi connectivity index (χ1v) is 18.6. The number of nitrogens with zero attached hydrogens (tertiary/aromatic N) is 4. The summed E-state index contributed by atoms with van der Waals surface area (Å²) in [5, 5.41) is 1.72. The van der Waals surface area contributed by atoms with E-state index in [0.717, 1.165) is 41.4 Å². The van der Waals surface area contributed by atoms with Crippen LogP contribution >= 0.6 is 11.3 Å². The van der Waals surface area contributed by atoms with Crippen LogP contribution in [-0.4, -0.2) is 19.5 Å². The molecule has 0 saturated heterocycles. The van der Waals surface area contributed by atoms with Crippen LogP contribution in [0.15, 0.2) is 194 Å². The number of para-hydroxylation sites is 3. The highest BCUT2D eigenvalue weighted by atomic mass is 32.1. The molecule has 11 aromatic rings. The van der Waals surface area contributed by atoms with E-state index in [9.17, 15) is 5.48 Å². The maximum atomic E-state index is 9.61. The first kappa shape index (κ1) is 22.2. The van der Waals surface area contributed by atoms with Crippen LogP contribution in [0.4, 0.5) is 0 Å². The van der Waals surface area contributed by atoms with E-state index in [4.69, 9.17) is 25.9 Å². The van der Waals surface area contributed by atoms with Gasteiger partial charge in [0.05, 0.1) is 27.5 Å². The van der Waals surface area contributed by atoms with Gasteiger partial charge in [0.15, 0.2) is 17.5 Å². The van der Waals surface area contributed by atoms with Crippen LogP contribution < -0.4 is 0 Å². The molecule has 262 valence electrons. The fourth-order valence-corrected chi connectivity index (χ4v) is 8.56. The van der Waals surface area contributed by atoms with Gasteiger partial charge in [-0.15, -0.1) is 11.3 Å². The molecule has 0 aliphatic heterocycles. The molecular weight excluding hydrogens is 701 g/mol. The fraction of sp³-hybridized carbons (Fsp3) is 0. The highest BCUT2D eigenvalue weighted by molar-refractivity contribution is 7.26. The van der Waals surface area contributed by atoms with Crippen LogP contribution in [0.2, 0.25) is 0 Å². The molecule has 0 N–H and O–H groups in total. The predicted molar refractivity (Wildman–Crippen MR) is 234 cm³/mol. The lowest BCUT2D eigenvalue weighted by Gasteiger charge is -2.15. The summed E-state index contributed by atoms with van der Waals surface area (Å²) in [5.41, 5.74) is 3.07. The van der Waals surface area contributed by atoms with Crippen LogP contribution in [0.1, 0.15) is 16.4 Å². The Labute approximate surface area is 344 Å². The van der Waals surface area contributed by atoms with Gasteiger partial charge in [-0.05, 0) is 47.0 Å². The highest BCUT2D eigenvalue weighted by Gasteiger charge is 2.21. The summed E-state index contributed by atoms with van der Waals surface area (Å²) >= 11 is 1.61. The number of rotatable bonds is 6. The van der Waals surface area contributed by atoms with E-state index < -0.39 is 78.2 Å². The lowest BCUT2D eigenvalue weighted by Crippen LogP contribution is -2.02. The van der Waals surface area contributed by atoms with Crippen molar-refractivity contribution in [2.45, 2.75) is 0 Å². The number of hydrogen-bond donors (Lipinski definition) is 0. The average Bonchev–Trinajstić information content (AvgIpc) is 3.93. The third-order valence-electron chi connectivity index (χ3n) is 9.89. The Bertz CT molecular complexity index is 3920. The molecule has 0 aliphatic carbocycles. The fourth-order valence-electron chi connectivity index (χ4n) is 7.35. The molecule has 8 aromatic carbocycles. The normalized spacial score (nSPS) is 14.6. The minimum absolute atomic E-state index is 0.0567. The van der Waals surface area contributed by atoms with Gasteiger partial charge < -0.3 is 4.57 Å². The van der Waals surface area contributed by atoms with Gasteiger partial charge in [-0.3, -0.25) is 0 Å². The van der Waals surface area contributed by atoms with Crippen molar-refractivity contribution in [1.29, 1.82) is 0 Å². The van der Waals surface area contributed by atoms with Crippen molar-refractivity contribution in [3.63, 3.8) is 0 Å². The van der Waals surface area contributed by atoms with E-state index >= 15 is 0 Å². The number of hydrogen-bond acceptors (Lipinski definition) is 4. The van der Waals surface area contributed by atoms with E-state index in [1.54, 1.807) is 35.6 Å².